The Kier molecular flexibility index (Phi) is 3.96. The monoisotopic (exact) mass is 210 g/mol. The summed E-state index contributed by atoms with van der Waals surface area (Å²) in [5, 5.41) is 36.4. The maximum absolute atomic E-state index is 9.54. The summed E-state index contributed by atoms with van der Waals surface area (Å²) in [6.07, 6.45) is -2.52. The summed E-state index contributed by atoms with van der Waals surface area (Å²) in [5.41, 5.74) is 0. The molecule has 0 aromatic carbocycles. The maximum atomic E-state index is 9.54. The molecule has 1 aliphatic heterocycles. The highest BCUT2D eigenvalue weighted by Crippen LogP contribution is 2.27. The molecule has 1 aliphatic rings. The third-order valence-electron chi connectivity index (χ3n) is 2.11. The third-order valence-corrected chi connectivity index (χ3v) is 3.21. The van der Waals surface area contributed by atoms with Crippen molar-refractivity contribution in [3.63, 3.8) is 0 Å². The molecule has 5 nitrogen and oxygen atoms in total. The molecule has 0 aromatic rings. The second kappa shape index (κ2) is 4.59. The lowest BCUT2D eigenvalue weighted by Gasteiger charge is -2.39. The van der Waals surface area contributed by atoms with E-state index in [2.05, 4.69) is 0 Å². The van der Waals surface area contributed by atoms with Gasteiger partial charge in [-0.3, -0.25) is 0 Å². The van der Waals surface area contributed by atoms with Crippen LogP contribution in [0.2, 0.25) is 0 Å². The van der Waals surface area contributed by atoms with Crippen LogP contribution in [0.1, 0.15) is 0 Å². The van der Waals surface area contributed by atoms with E-state index in [0.717, 1.165) is 0 Å². The van der Waals surface area contributed by atoms with E-state index >= 15 is 0 Å². The molecule has 5 unspecified atom stereocenters. The second-order valence-corrected chi connectivity index (χ2v) is 3.94. The molecule has 0 aromatic heterocycles. The molecule has 5 atom stereocenters. The van der Waals surface area contributed by atoms with Gasteiger partial charge >= 0.3 is 0 Å². The van der Waals surface area contributed by atoms with Crippen LogP contribution in [0.15, 0.2) is 0 Å². The molecule has 1 rings (SSSR count). The van der Waals surface area contributed by atoms with Gasteiger partial charge in [-0.15, -0.1) is 0 Å². The Balaban J connectivity index is 2.69. The van der Waals surface area contributed by atoms with Crippen molar-refractivity contribution in [2.24, 2.45) is 0 Å². The van der Waals surface area contributed by atoms with E-state index in [1.807, 2.05) is 0 Å². The van der Waals surface area contributed by atoms with Crippen LogP contribution in [0.3, 0.4) is 0 Å². The van der Waals surface area contributed by atoms with Crippen molar-refractivity contribution < 1.29 is 25.2 Å². The lowest BCUT2D eigenvalue weighted by molar-refractivity contribution is -0.248. The van der Waals surface area contributed by atoms with Crippen LogP contribution in [0.25, 0.3) is 0 Å². The molecule has 0 saturated carbocycles. The van der Waals surface area contributed by atoms with Crippen molar-refractivity contribution in [1.82, 2.24) is 0 Å². The highest BCUT2D eigenvalue weighted by molar-refractivity contribution is 7.99. The molecule has 0 radical (unpaired) electrons. The first-order valence-corrected chi connectivity index (χ1v) is 5.24. The van der Waals surface area contributed by atoms with Gasteiger partial charge in [0.05, 0.1) is 18.0 Å². The first kappa shape index (κ1) is 11.2. The summed E-state index contributed by atoms with van der Waals surface area (Å²) in [5.74, 6) is 0. The number of ether oxygens (including phenoxy) is 1. The van der Waals surface area contributed by atoms with E-state index in [1.165, 1.54) is 11.8 Å². The predicted octanol–water partition coefficient (Wildman–Crippen LogP) is -1.85. The molecular formula is C7H14O5S. The van der Waals surface area contributed by atoms with Crippen LogP contribution in [0.5, 0.6) is 0 Å². The van der Waals surface area contributed by atoms with Gasteiger partial charge in [-0.25, -0.2) is 0 Å². The number of aliphatic hydroxyl groups is 4. The number of rotatable bonds is 2. The molecule has 1 saturated heterocycles. The quantitative estimate of drug-likeness (QED) is 0.428. The molecule has 1 fully saturated rings. The Hall–Kier alpha value is 0.150. The van der Waals surface area contributed by atoms with Crippen molar-refractivity contribution in [2.45, 2.75) is 29.9 Å². The molecule has 0 aliphatic carbocycles. The van der Waals surface area contributed by atoms with Crippen molar-refractivity contribution in [1.29, 1.82) is 0 Å². The highest BCUT2D eigenvalue weighted by Gasteiger charge is 2.42. The highest BCUT2D eigenvalue weighted by atomic mass is 32.2. The van der Waals surface area contributed by atoms with Crippen molar-refractivity contribution in [2.75, 3.05) is 12.9 Å². The Morgan fingerprint density at radius 3 is 2.31 bits per heavy atom. The summed E-state index contributed by atoms with van der Waals surface area (Å²) >= 11 is 1.23. The zero-order valence-corrected chi connectivity index (χ0v) is 8.02. The first-order chi connectivity index (χ1) is 6.11. The van der Waals surface area contributed by atoms with Gasteiger partial charge in [0.2, 0.25) is 0 Å². The van der Waals surface area contributed by atoms with Gasteiger partial charge in [0, 0.05) is 0 Å². The molecule has 0 amide bonds. The van der Waals surface area contributed by atoms with Crippen LogP contribution < -0.4 is 0 Å². The van der Waals surface area contributed by atoms with Gasteiger partial charge in [-0.2, -0.15) is 11.8 Å². The summed E-state index contributed by atoms with van der Waals surface area (Å²) in [6.45, 7) is -0.373. The zero-order chi connectivity index (χ0) is 10.0. The molecule has 1 heterocycles. The average molecular weight is 210 g/mol. The van der Waals surface area contributed by atoms with E-state index < -0.39 is 29.9 Å². The lowest BCUT2D eigenvalue weighted by atomic mass is 10.0. The fourth-order valence-electron chi connectivity index (χ4n) is 1.35. The minimum atomic E-state index is -1.34. The van der Waals surface area contributed by atoms with E-state index in [0.29, 0.717) is 0 Å². The largest absolute Gasteiger partial charge is 0.394 e. The number of thioether (sulfide) groups is 1. The Morgan fingerprint density at radius 2 is 1.85 bits per heavy atom. The number of aliphatic hydroxyl groups excluding tert-OH is 4. The topological polar surface area (TPSA) is 90.2 Å². The van der Waals surface area contributed by atoms with E-state index in [4.69, 9.17) is 9.84 Å². The average Bonchev–Trinajstić information content (AvgIpc) is 2.12. The van der Waals surface area contributed by atoms with Crippen molar-refractivity contribution in [3.05, 3.63) is 0 Å². The Bertz CT molecular complexity index is 167. The van der Waals surface area contributed by atoms with Gasteiger partial charge in [-0.05, 0) is 6.26 Å². The summed E-state index contributed by atoms with van der Waals surface area (Å²) < 4.78 is 4.78. The van der Waals surface area contributed by atoms with E-state index in [-0.39, 0.29) is 6.61 Å². The smallest absolute Gasteiger partial charge is 0.182 e. The molecule has 4 N–H and O–H groups in total. The fourth-order valence-corrected chi connectivity index (χ4v) is 2.21. The summed E-state index contributed by atoms with van der Waals surface area (Å²) in [4.78, 5) is 0. The van der Waals surface area contributed by atoms with Crippen LogP contribution in [-0.4, -0.2) is 63.1 Å². The Labute approximate surface area is 80.3 Å². The van der Waals surface area contributed by atoms with E-state index in [9.17, 15) is 15.3 Å². The fraction of sp³-hybridized carbons (Fsp3) is 1.00. The molecule has 0 spiro atoms. The van der Waals surface area contributed by atoms with Crippen molar-refractivity contribution in [3.8, 4) is 0 Å². The Morgan fingerprint density at radius 1 is 1.23 bits per heavy atom. The SMILES string of the molecule is CSC1C(O)C(O)OC(CO)C1O. The number of hydrogen-bond acceptors (Lipinski definition) is 6. The van der Waals surface area contributed by atoms with Crippen LogP contribution in [-0.2, 0) is 4.74 Å². The lowest BCUT2D eigenvalue weighted by Crippen LogP contribution is -2.57. The van der Waals surface area contributed by atoms with Gasteiger partial charge in [-0.1, -0.05) is 0 Å². The molecule has 13 heavy (non-hydrogen) atoms. The second-order valence-electron chi connectivity index (χ2n) is 2.93. The van der Waals surface area contributed by atoms with E-state index in [1.54, 1.807) is 6.26 Å². The predicted molar refractivity (Wildman–Crippen MR) is 47.3 cm³/mol. The van der Waals surface area contributed by atoms with Crippen LogP contribution >= 0.6 is 11.8 Å². The van der Waals surface area contributed by atoms with Gasteiger partial charge < -0.3 is 25.2 Å². The van der Waals surface area contributed by atoms with Gasteiger partial charge in [0.15, 0.2) is 6.29 Å². The van der Waals surface area contributed by atoms with Crippen molar-refractivity contribution >= 4 is 11.8 Å². The maximum Gasteiger partial charge on any atom is 0.182 e. The van der Waals surface area contributed by atoms with Gasteiger partial charge in [0.25, 0.3) is 0 Å². The minimum Gasteiger partial charge on any atom is -0.394 e. The molecule has 78 valence electrons. The molecule has 6 heteroatoms. The minimum absolute atomic E-state index is 0.373. The summed E-state index contributed by atoms with van der Waals surface area (Å²) in [6, 6.07) is 0. The summed E-state index contributed by atoms with van der Waals surface area (Å²) in [7, 11) is 0. The molecular weight excluding hydrogens is 196 g/mol. The third kappa shape index (κ3) is 2.15. The zero-order valence-electron chi connectivity index (χ0n) is 7.20. The molecule has 0 bridgehead atoms. The normalized spacial score (nSPS) is 46.4. The van der Waals surface area contributed by atoms with Crippen LogP contribution in [0.4, 0.5) is 0 Å². The number of hydrogen-bond donors (Lipinski definition) is 4. The van der Waals surface area contributed by atoms with Crippen LogP contribution in [0, 0.1) is 0 Å². The van der Waals surface area contributed by atoms with Gasteiger partial charge in [0.1, 0.15) is 12.2 Å². The standard InChI is InChI=1S/C7H14O5S/c1-13-6-4(9)3(2-8)12-7(11)5(6)10/h3-11H,2H2,1H3. The first-order valence-electron chi connectivity index (χ1n) is 3.95.